The molecule has 0 atom stereocenters. The molecule has 4 rings (SSSR count). The summed E-state index contributed by atoms with van der Waals surface area (Å²) in [6.45, 7) is 2.11. The fourth-order valence-corrected chi connectivity index (χ4v) is 2.93. The van der Waals surface area contributed by atoms with Crippen molar-refractivity contribution in [2.45, 2.75) is 13.3 Å². The molecular weight excluding hydrogens is 318 g/mol. The number of benzene rings is 2. The average Bonchev–Trinajstić information content (AvgIpc) is 3.02. The predicted molar refractivity (Wildman–Crippen MR) is 98.7 cm³/mol. The maximum absolute atomic E-state index is 6.02. The highest BCUT2D eigenvalue weighted by molar-refractivity contribution is 6.30. The minimum absolute atomic E-state index is 0.719. The molecule has 0 radical (unpaired) electrons. The maximum atomic E-state index is 6.02. The van der Waals surface area contributed by atoms with Gasteiger partial charge in [-0.05, 0) is 42.8 Å². The Morgan fingerprint density at radius 1 is 0.917 bits per heavy atom. The lowest BCUT2D eigenvalue weighted by atomic mass is 10.1. The zero-order valence-electron chi connectivity index (χ0n) is 13.3. The first-order valence-electron chi connectivity index (χ1n) is 7.96. The quantitative estimate of drug-likeness (QED) is 0.509. The second-order valence-electron chi connectivity index (χ2n) is 5.63. The standard InChI is InChI=1S/C20H16ClN3/c1-2-16-12-13-18-19(14-8-10-15(21)11-9-14)23-24(20(18)22-16)17-6-4-3-5-7-17/h3-13H,2H2,1H3. The molecule has 118 valence electrons. The summed E-state index contributed by atoms with van der Waals surface area (Å²) < 4.78 is 1.92. The number of halogens is 1. The van der Waals surface area contributed by atoms with Crippen molar-refractivity contribution in [2.24, 2.45) is 0 Å². The first-order chi connectivity index (χ1) is 11.8. The summed E-state index contributed by atoms with van der Waals surface area (Å²) in [6, 6.07) is 22.0. The molecule has 2 heterocycles. The number of aromatic nitrogens is 3. The van der Waals surface area contributed by atoms with Crippen LogP contribution in [0, 0.1) is 0 Å². The second kappa shape index (κ2) is 6.10. The molecule has 24 heavy (non-hydrogen) atoms. The lowest BCUT2D eigenvalue weighted by Crippen LogP contribution is -1.98. The number of rotatable bonds is 3. The fourth-order valence-electron chi connectivity index (χ4n) is 2.80. The van der Waals surface area contributed by atoms with Crippen molar-refractivity contribution in [1.29, 1.82) is 0 Å². The zero-order chi connectivity index (χ0) is 16.5. The minimum Gasteiger partial charge on any atom is -0.233 e. The van der Waals surface area contributed by atoms with E-state index in [2.05, 4.69) is 19.1 Å². The monoisotopic (exact) mass is 333 g/mol. The summed E-state index contributed by atoms with van der Waals surface area (Å²) in [4.78, 5) is 4.81. The molecule has 0 fully saturated rings. The normalized spacial score (nSPS) is 11.1. The molecular formula is C20H16ClN3. The Kier molecular flexibility index (Phi) is 3.79. The number of nitrogens with zero attached hydrogens (tertiary/aromatic N) is 3. The van der Waals surface area contributed by atoms with Gasteiger partial charge in [0.25, 0.3) is 0 Å². The van der Waals surface area contributed by atoms with E-state index >= 15 is 0 Å². The molecule has 0 bridgehead atoms. The summed E-state index contributed by atoms with van der Waals surface area (Å²) in [5.41, 5.74) is 4.89. The largest absolute Gasteiger partial charge is 0.233 e. The van der Waals surface area contributed by atoms with E-state index in [0.717, 1.165) is 45.1 Å². The molecule has 0 amide bonds. The Morgan fingerprint density at radius 2 is 1.67 bits per heavy atom. The van der Waals surface area contributed by atoms with Crippen LogP contribution in [-0.4, -0.2) is 14.8 Å². The van der Waals surface area contributed by atoms with Crippen LogP contribution in [0.5, 0.6) is 0 Å². The van der Waals surface area contributed by atoms with Crippen LogP contribution in [-0.2, 0) is 6.42 Å². The molecule has 0 unspecified atom stereocenters. The molecule has 0 aliphatic heterocycles. The summed E-state index contributed by atoms with van der Waals surface area (Å²) in [6.07, 6.45) is 0.895. The highest BCUT2D eigenvalue weighted by Gasteiger charge is 2.15. The van der Waals surface area contributed by atoms with E-state index in [0.29, 0.717) is 0 Å². The van der Waals surface area contributed by atoms with Crippen LogP contribution in [0.1, 0.15) is 12.6 Å². The molecule has 0 spiro atoms. The Hall–Kier alpha value is -2.65. The molecule has 3 nitrogen and oxygen atoms in total. The van der Waals surface area contributed by atoms with Gasteiger partial charge in [0.1, 0.15) is 5.69 Å². The van der Waals surface area contributed by atoms with E-state index in [9.17, 15) is 0 Å². The van der Waals surface area contributed by atoms with Gasteiger partial charge in [0.05, 0.1) is 5.69 Å². The minimum atomic E-state index is 0.719. The van der Waals surface area contributed by atoms with E-state index in [1.807, 2.05) is 59.3 Å². The summed E-state index contributed by atoms with van der Waals surface area (Å²) in [7, 11) is 0. The molecule has 0 aliphatic rings. The van der Waals surface area contributed by atoms with Crippen LogP contribution in [0.15, 0.2) is 66.7 Å². The molecule has 2 aromatic heterocycles. The van der Waals surface area contributed by atoms with Gasteiger partial charge in [-0.1, -0.05) is 48.9 Å². The third kappa shape index (κ3) is 2.57. The van der Waals surface area contributed by atoms with Crippen LogP contribution in [0.3, 0.4) is 0 Å². The van der Waals surface area contributed by atoms with Crippen molar-refractivity contribution in [3.05, 3.63) is 77.4 Å². The molecule has 0 saturated heterocycles. The second-order valence-corrected chi connectivity index (χ2v) is 6.07. The van der Waals surface area contributed by atoms with E-state index in [1.54, 1.807) is 0 Å². The van der Waals surface area contributed by atoms with Gasteiger partial charge in [-0.3, -0.25) is 0 Å². The first-order valence-corrected chi connectivity index (χ1v) is 8.34. The number of hydrogen-bond acceptors (Lipinski definition) is 2. The SMILES string of the molecule is CCc1ccc2c(-c3ccc(Cl)cc3)nn(-c3ccccc3)c2n1. The van der Waals surface area contributed by atoms with E-state index in [1.165, 1.54) is 0 Å². The van der Waals surface area contributed by atoms with E-state index < -0.39 is 0 Å². The number of aryl methyl sites for hydroxylation is 1. The van der Waals surface area contributed by atoms with Crippen molar-refractivity contribution < 1.29 is 0 Å². The molecule has 4 aromatic rings. The third-order valence-electron chi connectivity index (χ3n) is 4.07. The van der Waals surface area contributed by atoms with Gasteiger partial charge < -0.3 is 0 Å². The predicted octanol–water partition coefficient (Wildman–Crippen LogP) is 5.30. The number of fused-ring (bicyclic) bond motifs is 1. The van der Waals surface area contributed by atoms with Crippen LogP contribution in [0.2, 0.25) is 5.02 Å². The topological polar surface area (TPSA) is 30.7 Å². The Bertz CT molecular complexity index is 989. The van der Waals surface area contributed by atoms with Crippen molar-refractivity contribution in [3.8, 4) is 16.9 Å². The highest BCUT2D eigenvalue weighted by atomic mass is 35.5. The molecule has 0 aliphatic carbocycles. The van der Waals surface area contributed by atoms with Gasteiger partial charge in [0, 0.05) is 21.7 Å². The van der Waals surface area contributed by atoms with Gasteiger partial charge in [-0.25, -0.2) is 9.67 Å². The Balaban J connectivity index is 2.00. The van der Waals surface area contributed by atoms with Crippen molar-refractivity contribution >= 4 is 22.6 Å². The average molecular weight is 334 g/mol. The number of pyridine rings is 1. The zero-order valence-corrected chi connectivity index (χ0v) is 14.0. The fraction of sp³-hybridized carbons (Fsp3) is 0.100. The van der Waals surface area contributed by atoms with Crippen LogP contribution in [0.25, 0.3) is 28.0 Å². The van der Waals surface area contributed by atoms with Gasteiger partial charge in [-0.15, -0.1) is 0 Å². The summed E-state index contributed by atoms with van der Waals surface area (Å²) >= 11 is 6.02. The number of hydrogen-bond donors (Lipinski definition) is 0. The van der Waals surface area contributed by atoms with Gasteiger partial charge in [0.15, 0.2) is 5.65 Å². The lowest BCUT2D eigenvalue weighted by Gasteiger charge is -2.03. The van der Waals surface area contributed by atoms with Crippen molar-refractivity contribution in [3.63, 3.8) is 0 Å². The highest BCUT2D eigenvalue weighted by Crippen LogP contribution is 2.30. The van der Waals surface area contributed by atoms with Gasteiger partial charge in [-0.2, -0.15) is 5.10 Å². The molecule has 4 heteroatoms. The van der Waals surface area contributed by atoms with Crippen LogP contribution in [0.4, 0.5) is 0 Å². The first kappa shape index (κ1) is 14.9. The van der Waals surface area contributed by atoms with Gasteiger partial charge in [0.2, 0.25) is 0 Å². The lowest BCUT2D eigenvalue weighted by molar-refractivity contribution is 0.893. The summed E-state index contributed by atoms with van der Waals surface area (Å²) in [5.74, 6) is 0. The van der Waals surface area contributed by atoms with Gasteiger partial charge >= 0.3 is 0 Å². The van der Waals surface area contributed by atoms with E-state index in [4.69, 9.17) is 21.7 Å². The molecule has 2 aromatic carbocycles. The van der Waals surface area contributed by atoms with Crippen LogP contribution < -0.4 is 0 Å². The number of para-hydroxylation sites is 1. The Labute approximate surface area is 145 Å². The van der Waals surface area contributed by atoms with Crippen molar-refractivity contribution in [2.75, 3.05) is 0 Å². The van der Waals surface area contributed by atoms with Crippen LogP contribution >= 0.6 is 11.6 Å². The van der Waals surface area contributed by atoms with Crippen molar-refractivity contribution in [1.82, 2.24) is 14.8 Å². The molecule has 0 N–H and O–H groups in total. The Morgan fingerprint density at radius 3 is 2.38 bits per heavy atom. The van der Waals surface area contributed by atoms with E-state index in [-0.39, 0.29) is 0 Å². The maximum Gasteiger partial charge on any atom is 0.163 e. The summed E-state index contributed by atoms with van der Waals surface area (Å²) in [5, 5.41) is 6.61. The smallest absolute Gasteiger partial charge is 0.163 e. The molecule has 0 saturated carbocycles. The third-order valence-corrected chi connectivity index (χ3v) is 4.32.